The zero-order valence-corrected chi connectivity index (χ0v) is 12.7. The van der Waals surface area contributed by atoms with Crippen LogP contribution in [0.25, 0.3) is 0 Å². The second-order valence-electron chi connectivity index (χ2n) is 4.75. The fourth-order valence-corrected chi connectivity index (χ4v) is 2.52. The summed E-state index contributed by atoms with van der Waals surface area (Å²) in [6, 6.07) is 11.8. The van der Waals surface area contributed by atoms with Crippen LogP contribution in [0.15, 0.2) is 41.8 Å². The molecule has 0 bridgehead atoms. The Labute approximate surface area is 123 Å². The molecule has 0 radical (unpaired) electrons. The highest BCUT2D eigenvalue weighted by Crippen LogP contribution is 2.12. The minimum atomic E-state index is 0.00284. The summed E-state index contributed by atoms with van der Waals surface area (Å²) in [7, 11) is 1.82. The highest BCUT2D eigenvalue weighted by atomic mass is 32.1. The third-order valence-corrected chi connectivity index (χ3v) is 3.99. The molecule has 1 aromatic carbocycles. The van der Waals surface area contributed by atoms with Gasteiger partial charge in [0, 0.05) is 18.5 Å². The van der Waals surface area contributed by atoms with E-state index in [0.29, 0.717) is 0 Å². The van der Waals surface area contributed by atoms with E-state index in [2.05, 4.69) is 11.4 Å². The molecule has 0 aliphatic heterocycles. The predicted molar refractivity (Wildman–Crippen MR) is 82.3 cm³/mol. The van der Waals surface area contributed by atoms with Gasteiger partial charge in [-0.2, -0.15) is 0 Å². The lowest BCUT2D eigenvalue weighted by atomic mass is 10.2. The molecule has 0 fully saturated rings. The van der Waals surface area contributed by atoms with Crippen LogP contribution >= 0.6 is 11.3 Å². The van der Waals surface area contributed by atoms with Gasteiger partial charge in [-0.15, -0.1) is 11.3 Å². The zero-order chi connectivity index (χ0) is 14.4. The smallest absolute Gasteiger partial charge is 0.260 e. The second kappa shape index (κ2) is 7.10. The fourth-order valence-electron chi connectivity index (χ4n) is 1.82. The Bertz CT molecular complexity index is 551. The van der Waals surface area contributed by atoms with E-state index in [1.165, 1.54) is 4.88 Å². The number of rotatable bonds is 6. The lowest BCUT2D eigenvalue weighted by Crippen LogP contribution is -2.32. The van der Waals surface area contributed by atoms with E-state index in [9.17, 15) is 4.79 Å². The summed E-state index contributed by atoms with van der Waals surface area (Å²) in [4.78, 5) is 15.0. The van der Waals surface area contributed by atoms with Crippen molar-refractivity contribution in [1.82, 2.24) is 4.90 Å². The molecule has 0 aliphatic carbocycles. The number of ether oxygens (including phenoxy) is 1. The third-order valence-electron chi connectivity index (χ3n) is 3.05. The molecular weight excluding hydrogens is 270 g/mol. The van der Waals surface area contributed by atoms with E-state index in [4.69, 9.17) is 4.74 Å². The Morgan fingerprint density at radius 1 is 1.30 bits per heavy atom. The number of amides is 1. The van der Waals surface area contributed by atoms with E-state index < -0.39 is 0 Å². The number of hydrogen-bond donors (Lipinski definition) is 0. The Morgan fingerprint density at radius 3 is 2.85 bits per heavy atom. The first-order chi connectivity index (χ1) is 9.65. The summed E-state index contributed by atoms with van der Waals surface area (Å²) in [5, 5.41) is 2.05. The van der Waals surface area contributed by atoms with Gasteiger partial charge in [0.15, 0.2) is 6.61 Å². The number of nitrogens with zero attached hydrogens (tertiary/aromatic N) is 1. The van der Waals surface area contributed by atoms with E-state index in [1.807, 2.05) is 44.3 Å². The minimum Gasteiger partial charge on any atom is -0.484 e. The molecular formula is C16H19NO2S. The summed E-state index contributed by atoms with van der Waals surface area (Å²) in [5.74, 6) is 0.744. The number of likely N-dealkylation sites (N-methyl/N-ethyl adjacent to an activating group) is 1. The van der Waals surface area contributed by atoms with Crippen molar-refractivity contribution in [3.63, 3.8) is 0 Å². The number of hydrogen-bond acceptors (Lipinski definition) is 3. The molecule has 0 aliphatic rings. The SMILES string of the molecule is Cc1cccc(OCC(=O)N(C)CCc2cccs2)c1. The normalized spacial score (nSPS) is 10.3. The molecule has 0 saturated heterocycles. The van der Waals surface area contributed by atoms with Crippen LogP contribution in [0, 0.1) is 6.92 Å². The Kier molecular flexibility index (Phi) is 5.18. The molecule has 2 rings (SSSR count). The number of carbonyl (C=O) groups is 1. The maximum Gasteiger partial charge on any atom is 0.260 e. The average Bonchev–Trinajstić information content (AvgIpc) is 2.95. The molecule has 0 unspecified atom stereocenters. The van der Waals surface area contributed by atoms with Gasteiger partial charge in [-0.1, -0.05) is 18.2 Å². The maximum absolute atomic E-state index is 12.0. The topological polar surface area (TPSA) is 29.5 Å². The van der Waals surface area contributed by atoms with Crippen LogP contribution in [0.3, 0.4) is 0 Å². The van der Waals surface area contributed by atoms with Crippen molar-refractivity contribution in [2.75, 3.05) is 20.2 Å². The van der Waals surface area contributed by atoms with Gasteiger partial charge in [0.25, 0.3) is 5.91 Å². The molecule has 2 aromatic rings. The number of thiophene rings is 1. The summed E-state index contributed by atoms with van der Waals surface area (Å²) in [5.41, 5.74) is 1.13. The van der Waals surface area contributed by atoms with Crippen molar-refractivity contribution in [2.45, 2.75) is 13.3 Å². The molecule has 0 atom stereocenters. The summed E-state index contributed by atoms with van der Waals surface area (Å²) < 4.78 is 5.52. The highest BCUT2D eigenvalue weighted by Gasteiger charge is 2.09. The average molecular weight is 289 g/mol. The van der Waals surface area contributed by atoms with Crippen LogP contribution in [0.1, 0.15) is 10.4 Å². The molecule has 0 saturated carbocycles. The van der Waals surface area contributed by atoms with Gasteiger partial charge in [-0.3, -0.25) is 4.79 Å². The zero-order valence-electron chi connectivity index (χ0n) is 11.8. The van der Waals surface area contributed by atoms with Crippen molar-refractivity contribution in [3.8, 4) is 5.75 Å². The van der Waals surface area contributed by atoms with Crippen LogP contribution in [0.4, 0.5) is 0 Å². The van der Waals surface area contributed by atoms with Gasteiger partial charge in [-0.25, -0.2) is 0 Å². The lowest BCUT2D eigenvalue weighted by molar-refractivity contribution is -0.132. The summed E-state index contributed by atoms with van der Waals surface area (Å²) in [6.45, 7) is 2.81. The van der Waals surface area contributed by atoms with Crippen molar-refractivity contribution in [2.24, 2.45) is 0 Å². The number of benzene rings is 1. The Morgan fingerprint density at radius 2 is 2.15 bits per heavy atom. The first-order valence-corrected chi connectivity index (χ1v) is 7.49. The van der Waals surface area contributed by atoms with Crippen LogP contribution in [-0.2, 0) is 11.2 Å². The highest BCUT2D eigenvalue weighted by molar-refractivity contribution is 7.09. The minimum absolute atomic E-state index is 0.00284. The molecule has 4 heteroatoms. The maximum atomic E-state index is 12.0. The van der Waals surface area contributed by atoms with Gasteiger partial charge in [0.1, 0.15) is 5.75 Å². The Balaban J connectivity index is 1.76. The third kappa shape index (κ3) is 4.38. The van der Waals surface area contributed by atoms with Gasteiger partial charge in [0.2, 0.25) is 0 Å². The summed E-state index contributed by atoms with van der Waals surface area (Å²) >= 11 is 1.72. The predicted octanol–water partition coefficient (Wildman–Crippen LogP) is 3.14. The first-order valence-electron chi connectivity index (χ1n) is 6.61. The van der Waals surface area contributed by atoms with Crippen molar-refractivity contribution in [3.05, 3.63) is 52.2 Å². The number of carbonyl (C=O) groups excluding carboxylic acids is 1. The van der Waals surface area contributed by atoms with E-state index in [-0.39, 0.29) is 12.5 Å². The van der Waals surface area contributed by atoms with Gasteiger partial charge < -0.3 is 9.64 Å². The summed E-state index contributed by atoms with van der Waals surface area (Å²) in [6.07, 6.45) is 0.893. The molecule has 3 nitrogen and oxygen atoms in total. The molecule has 0 N–H and O–H groups in total. The fraction of sp³-hybridized carbons (Fsp3) is 0.312. The monoisotopic (exact) mass is 289 g/mol. The second-order valence-corrected chi connectivity index (χ2v) is 5.78. The Hall–Kier alpha value is -1.81. The van der Waals surface area contributed by atoms with Gasteiger partial charge in [0.05, 0.1) is 0 Å². The molecule has 20 heavy (non-hydrogen) atoms. The molecule has 106 valence electrons. The molecule has 1 aromatic heterocycles. The van der Waals surface area contributed by atoms with E-state index in [1.54, 1.807) is 16.2 Å². The molecule has 1 amide bonds. The molecule has 1 heterocycles. The van der Waals surface area contributed by atoms with E-state index in [0.717, 1.165) is 24.3 Å². The lowest BCUT2D eigenvalue weighted by Gasteiger charge is -2.17. The standard InChI is InChI=1S/C16H19NO2S/c1-13-5-3-6-14(11-13)19-12-16(18)17(2)9-8-15-7-4-10-20-15/h3-7,10-11H,8-9,12H2,1-2H3. The van der Waals surface area contributed by atoms with Crippen molar-refractivity contribution >= 4 is 17.2 Å². The largest absolute Gasteiger partial charge is 0.484 e. The van der Waals surface area contributed by atoms with Crippen LogP contribution in [0.2, 0.25) is 0 Å². The molecule has 0 spiro atoms. The quantitative estimate of drug-likeness (QED) is 0.817. The van der Waals surface area contributed by atoms with E-state index >= 15 is 0 Å². The van der Waals surface area contributed by atoms with Crippen LogP contribution < -0.4 is 4.74 Å². The van der Waals surface area contributed by atoms with Crippen LogP contribution in [-0.4, -0.2) is 31.0 Å². The first kappa shape index (κ1) is 14.6. The van der Waals surface area contributed by atoms with Crippen LogP contribution in [0.5, 0.6) is 5.75 Å². The van der Waals surface area contributed by atoms with Gasteiger partial charge >= 0.3 is 0 Å². The van der Waals surface area contributed by atoms with Crippen molar-refractivity contribution < 1.29 is 9.53 Å². The van der Waals surface area contributed by atoms with Gasteiger partial charge in [-0.05, 0) is 42.5 Å². The number of aryl methyl sites for hydroxylation is 1. The van der Waals surface area contributed by atoms with Crippen molar-refractivity contribution in [1.29, 1.82) is 0 Å².